The van der Waals surface area contributed by atoms with Gasteiger partial charge in [0, 0.05) is 36.4 Å². The topological polar surface area (TPSA) is 54.3 Å². The Labute approximate surface area is 104 Å². The lowest BCUT2D eigenvalue weighted by Crippen LogP contribution is -2.28. The predicted molar refractivity (Wildman–Crippen MR) is 67.0 cm³/mol. The van der Waals surface area contributed by atoms with Crippen molar-refractivity contribution < 1.29 is 9.90 Å². The van der Waals surface area contributed by atoms with Crippen LogP contribution in [0.4, 0.5) is 0 Å². The van der Waals surface area contributed by atoms with Crippen molar-refractivity contribution in [2.75, 3.05) is 6.54 Å². The zero-order valence-electron chi connectivity index (χ0n) is 9.46. The van der Waals surface area contributed by atoms with Crippen molar-refractivity contribution in [2.24, 2.45) is 7.05 Å². The summed E-state index contributed by atoms with van der Waals surface area (Å²) in [5.74, 6) is -0.153. The Morgan fingerprint density at radius 3 is 3.00 bits per heavy atom. The second kappa shape index (κ2) is 5.16. The highest BCUT2D eigenvalue weighted by Gasteiger charge is 2.12. The normalized spacial score (nSPS) is 12.4. The van der Waals surface area contributed by atoms with Gasteiger partial charge in [-0.05, 0) is 23.6 Å². The number of aliphatic hydroxyl groups is 1. The van der Waals surface area contributed by atoms with Gasteiger partial charge in [0.1, 0.15) is 6.10 Å². The smallest absolute Gasteiger partial charge is 0.252 e. The van der Waals surface area contributed by atoms with E-state index in [0.717, 1.165) is 5.69 Å². The van der Waals surface area contributed by atoms with E-state index >= 15 is 0 Å². The predicted octanol–water partition coefficient (Wildman–Crippen LogP) is 1.55. The minimum Gasteiger partial charge on any atom is -0.385 e. The summed E-state index contributed by atoms with van der Waals surface area (Å²) in [6.45, 7) is 0.215. The third kappa shape index (κ3) is 2.75. The van der Waals surface area contributed by atoms with Gasteiger partial charge in [0.2, 0.25) is 0 Å². The lowest BCUT2D eigenvalue weighted by molar-refractivity contribution is 0.0913. The summed E-state index contributed by atoms with van der Waals surface area (Å²) in [6, 6.07) is 5.45. The molecule has 0 aliphatic rings. The van der Waals surface area contributed by atoms with E-state index < -0.39 is 6.10 Å². The first-order valence-corrected chi connectivity index (χ1v) is 6.22. The number of rotatable bonds is 4. The number of amides is 1. The average Bonchev–Trinajstić information content (AvgIpc) is 2.95. The molecule has 0 fully saturated rings. The van der Waals surface area contributed by atoms with Crippen LogP contribution in [0.15, 0.2) is 35.2 Å². The summed E-state index contributed by atoms with van der Waals surface area (Å²) in [5.41, 5.74) is 1.42. The van der Waals surface area contributed by atoms with E-state index in [0.29, 0.717) is 5.56 Å². The van der Waals surface area contributed by atoms with E-state index in [1.165, 1.54) is 11.3 Å². The number of nitrogens with one attached hydrogen (secondary N) is 1. The molecule has 2 aromatic heterocycles. The van der Waals surface area contributed by atoms with Gasteiger partial charge >= 0.3 is 0 Å². The Morgan fingerprint density at radius 1 is 1.59 bits per heavy atom. The molecule has 0 saturated carbocycles. The van der Waals surface area contributed by atoms with Gasteiger partial charge in [-0.2, -0.15) is 11.3 Å². The first-order chi connectivity index (χ1) is 8.18. The van der Waals surface area contributed by atoms with Crippen LogP contribution >= 0.6 is 11.3 Å². The molecule has 0 aliphatic heterocycles. The molecule has 5 heteroatoms. The van der Waals surface area contributed by atoms with Crippen LogP contribution in [0.2, 0.25) is 0 Å². The molecule has 4 nitrogen and oxygen atoms in total. The van der Waals surface area contributed by atoms with Crippen LogP contribution in [-0.4, -0.2) is 22.1 Å². The van der Waals surface area contributed by atoms with Gasteiger partial charge in [-0.3, -0.25) is 4.79 Å². The van der Waals surface area contributed by atoms with Crippen molar-refractivity contribution in [1.82, 2.24) is 9.88 Å². The quantitative estimate of drug-likeness (QED) is 0.865. The van der Waals surface area contributed by atoms with Gasteiger partial charge in [-0.25, -0.2) is 0 Å². The van der Waals surface area contributed by atoms with Crippen molar-refractivity contribution in [3.63, 3.8) is 0 Å². The molecule has 2 heterocycles. The summed E-state index contributed by atoms with van der Waals surface area (Å²) in [6.07, 6.45) is 1.18. The molecule has 0 spiro atoms. The van der Waals surface area contributed by atoms with Crippen LogP contribution in [0.3, 0.4) is 0 Å². The maximum atomic E-state index is 11.6. The molecular weight excluding hydrogens is 236 g/mol. The molecule has 0 saturated heterocycles. The van der Waals surface area contributed by atoms with Crippen molar-refractivity contribution in [3.8, 4) is 0 Å². The maximum absolute atomic E-state index is 11.6. The van der Waals surface area contributed by atoms with Gasteiger partial charge in [-0.1, -0.05) is 0 Å². The van der Waals surface area contributed by atoms with E-state index in [1.54, 1.807) is 11.4 Å². The number of thiophene rings is 1. The van der Waals surface area contributed by atoms with Crippen molar-refractivity contribution in [1.29, 1.82) is 0 Å². The first-order valence-electron chi connectivity index (χ1n) is 5.28. The third-order valence-corrected chi connectivity index (χ3v) is 3.25. The van der Waals surface area contributed by atoms with Crippen LogP contribution in [0.25, 0.3) is 0 Å². The molecule has 1 atom stereocenters. The van der Waals surface area contributed by atoms with E-state index in [-0.39, 0.29) is 12.5 Å². The molecule has 2 aromatic rings. The minimum atomic E-state index is -0.683. The first kappa shape index (κ1) is 11.9. The lowest BCUT2D eigenvalue weighted by Gasteiger charge is -2.12. The van der Waals surface area contributed by atoms with Crippen molar-refractivity contribution in [2.45, 2.75) is 6.10 Å². The molecular formula is C12H14N2O2S. The number of aliphatic hydroxyl groups excluding tert-OH is 1. The molecule has 0 radical (unpaired) electrons. The van der Waals surface area contributed by atoms with Crippen molar-refractivity contribution in [3.05, 3.63) is 46.4 Å². The fourth-order valence-electron chi connectivity index (χ4n) is 1.61. The second-order valence-corrected chi connectivity index (χ2v) is 4.56. The van der Waals surface area contributed by atoms with Crippen LogP contribution in [0, 0.1) is 0 Å². The number of carbonyl (C=O) groups excluding carboxylic acids is 1. The molecule has 0 bridgehead atoms. The van der Waals surface area contributed by atoms with Gasteiger partial charge in [-0.15, -0.1) is 0 Å². The monoisotopic (exact) mass is 250 g/mol. The SMILES string of the molecule is Cn1cccc1C(O)CNC(=O)c1ccsc1. The molecule has 2 rings (SSSR count). The molecule has 1 unspecified atom stereocenters. The molecule has 17 heavy (non-hydrogen) atoms. The Hall–Kier alpha value is -1.59. The standard InChI is InChI=1S/C12H14N2O2S/c1-14-5-2-3-10(14)11(15)7-13-12(16)9-4-6-17-8-9/h2-6,8,11,15H,7H2,1H3,(H,13,16). The number of nitrogens with zero attached hydrogens (tertiary/aromatic N) is 1. The zero-order valence-corrected chi connectivity index (χ0v) is 10.3. The Bertz CT molecular complexity index is 490. The van der Waals surface area contributed by atoms with Crippen LogP contribution in [0.5, 0.6) is 0 Å². The number of aromatic nitrogens is 1. The lowest BCUT2D eigenvalue weighted by atomic mass is 10.2. The molecule has 90 valence electrons. The fourth-order valence-corrected chi connectivity index (χ4v) is 2.25. The minimum absolute atomic E-state index is 0.153. The highest BCUT2D eigenvalue weighted by molar-refractivity contribution is 7.08. The van der Waals surface area contributed by atoms with E-state index in [2.05, 4.69) is 5.32 Å². The Kier molecular flexibility index (Phi) is 3.61. The number of aryl methyl sites for hydroxylation is 1. The van der Waals surface area contributed by atoms with Crippen LogP contribution in [0.1, 0.15) is 22.2 Å². The number of hydrogen-bond acceptors (Lipinski definition) is 3. The maximum Gasteiger partial charge on any atom is 0.252 e. The van der Waals surface area contributed by atoms with Gasteiger partial charge in [0.25, 0.3) is 5.91 Å². The highest BCUT2D eigenvalue weighted by Crippen LogP contribution is 2.12. The number of hydrogen-bond donors (Lipinski definition) is 2. The van der Waals surface area contributed by atoms with E-state index in [1.807, 2.05) is 35.3 Å². The van der Waals surface area contributed by atoms with Crippen LogP contribution < -0.4 is 5.32 Å². The van der Waals surface area contributed by atoms with Gasteiger partial charge < -0.3 is 15.0 Å². The fraction of sp³-hybridized carbons (Fsp3) is 0.250. The number of carbonyl (C=O) groups is 1. The summed E-state index contributed by atoms with van der Waals surface area (Å²) in [4.78, 5) is 11.6. The summed E-state index contributed by atoms with van der Waals surface area (Å²) in [5, 5.41) is 16.2. The van der Waals surface area contributed by atoms with Crippen LogP contribution in [-0.2, 0) is 7.05 Å². The third-order valence-electron chi connectivity index (χ3n) is 2.56. The Morgan fingerprint density at radius 2 is 2.41 bits per heavy atom. The second-order valence-electron chi connectivity index (χ2n) is 3.78. The molecule has 0 aliphatic carbocycles. The highest BCUT2D eigenvalue weighted by atomic mass is 32.1. The molecule has 0 aromatic carbocycles. The summed E-state index contributed by atoms with van der Waals surface area (Å²) in [7, 11) is 1.86. The van der Waals surface area contributed by atoms with Crippen molar-refractivity contribution >= 4 is 17.2 Å². The summed E-state index contributed by atoms with van der Waals surface area (Å²) < 4.78 is 1.83. The Balaban J connectivity index is 1.91. The molecule has 1 amide bonds. The van der Waals surface area contributed by atoms with E-state index in [4.69, 9.17) is 0 Å². The molecule has 2 N–H and O–H groups in total. The van der Waals surface area contributed by atoms with Gasteiger partial charge in [0.05, 0.1) is 0 Å². The summed E-state index contributed by atoms with van der Waals surface area (Å²) >= 11 is 1.47. The van der Waals surface area contributed by atoms with E-state index in [9.17, 15) is 9.90 Å². The zero-order chi connectivity index (χ0) is 12.3. The average molecular weight is 250 g/mol. The van der Waals surface area contributed by atoms with Gasteiger partial charge in [0.15, 0.2) is 0 Å². The largest absolute Gasteiger partial charge is 0.385 e.